The van der Waals surface area contributed by atoms with E-state index in [1.54, 1.807) is 30.0 Å². The minimum absolute atomic E-state index is 0.0137. The van der Waals surface area contributed by atoms with Crippen molar-refractivity contribution in [3.05, 3.63) is 28.2 Å². The molecule has 2 atom stereocenters. The molecule has 1 aliphatic rings. The fourth-order valence-corrected chi connectivity index (χ4v) is 2.98. The molecule has 0 aromatic heterocycles. The molecule has 1 saturated heterocycles. The minimum Gasteiger partial charge on any atom is -0.479 e. The standard InChI is InChI=1S/C15H19Cl2NO3/c1-10(21-14-6-5-11(16)8-13(14)17)15(20)18-7-3-2-4-12(18)9-19/h5-6,8,10,12,19H,2-4,7,9H2,1H3. The highest BCUT2D eigenvalue weighted by Crippen LogP contribution is 2.29. The Kier molecular flexibility index (Phi) is 5.73. The minimum atomic E-state index is -0.657. The lowest BCUT2D eigenvalue weighted by Gasteiger charge is -2.36. The van der Waals surface area contributed by atoms with Gasteiger partial charge in [-0.15, -0.1) is 0 Å². The van der Waals surface area contributed by atoms with Gasteiger partial charge in [0.05, 0.1) is 17.7 Å². The van der Waals surface area contributed by atoms with Gasteiger partial charge in [-0.25, -0.2) is 0 Å². The van der Waals surface area contributed by atoms with E-state index in [0.29, 0.717) is 22.3 Å². The maximum Gasteiger partial charge on any atom is 0.263 e. The van der Waals surface area contributed by atoms with Crippen molar-refractivity contribution >= 4 is 29.1 Å². The Morgan fingerprint density at radius 1 is 1.48 bits per heavy atom. The number of benzene rings is 1. The van der Waals surface area contributed by atoms with Gasteiger partial charge in [0.15, 0.2) is 6.10 Å². The number of carbonyl (C=O) groups excluding carboxylic acids is 1. The van der Waals surface area contributed by atoms with Crippen LogP contribution in [0.1, 0.15) is 26.2 Å². The topological polar surface area (TPSA) is 49.8 Å². The highest BCUT2D eigenvalue weighted by molar-refractivity contribution is 6.35. The van der Waals surface area contributed by atoms with Crippen LogP contribution < -0.4 is 4.74 Å². The van der Waals surface area contributed by atoms with Crippen molar-refractivity contribution < 1.29 is 14.6 Å². The third kappa shape index (κ3) is 4.02. The van der Waals surface area contributed by atoms with Crippen LogP contribution in [0.15, 0.2) is 18.2 Å². The van der Waals surface area contributed by atoms with E-state index in [4.69, 9.17) is 27.9 Å². The van der Waals surface area contributed by atoms with Crippen LogP contribution in [-0.4, -0.2) is 41.2 Å². The van der Waals surface area contributed by atoms with Gasteiger partial charge in [-0.05, 0) is 44.4 Å². The first kappa shape index (κ1) is 16.4. The van der Waals surface area contributed by atoms with Gasteiger partial charge in [-0.2, -0.15) is 0 Å². The van der Waals surface area contributed by atoms with Gasteiger partial charge < -0.3 is 14.7 Å². The lowest BCUT2D eigenvalue weighted by atomic mass is 10.0. The van der Waals surface area contributed by atoms with Crippen LogP contribution in [-0.2, 0) is 4.79 Å². The zero-order chi connectivity index (χ0) is 15.4. The zero-order valence-electron chi connectivity index (χ0n) is 11.9. The number of nitrogens with zero attached hydrogens (tertiary/aromatic N) is 1. The van der Waals surface area contributed by atoms with E-state index in [-0.39, 0.29) is 18.6 Å². The average Bonchev–Trinajstić information content (AvgIpc) is 2.49. The van der Waals surface area contributed by atoms with E-state index in [1.807, 2.05) is 0 Å². The van der Waals surface area contributed by atoms with Crippen LogP contribution in [0.5, 0.6) is 5.75 Å². The molecule has 6 heteroatoms. The number of hydrogen-bond acceptors (Lipinski definition) is 3. The third-order valence-electron chi connectivity index (χ3n) is 3.67. The van der Waals surface area contributed by atoms with Gasteiger partial charge in [-0.1, -0.05) is 23.2 Å². The van der Waals surface area contributed by atoms with Crippen LogP contribution in [0.2, 0.25) is 10.0 Å². The van der Waals surface area contributed by atoms with E-state index >= 15 is 0 Å². The highest BCUT2D eigenvalue weighted by Gasteiger charge is 2.30. The van der Waals surface area contributed by atoms with Crippen molar-refractivity contribution in [1.29, 1.82) is 0 Å². The summed E-state index contributed by atoms with van der Waals surface area (Å²) in [7, 11) is 0. The van der Waals surface area contributed by atoms with Crippen molar-refractivity contribution in [3.63, 3.8) is 0 Å². The van der Waals surface area contributed by atoms with Gasteiger partial charge in [0, 0.05) is 11.6 Å². The summed E-state index contributed by atoms with van der Waals surface area (Å²) in [6.45, 7) is 2.34. The molecule has 2 rings (SSSR count). The van der Waals surface area contributed by atoms with Crippen LogP contribution in [0.25, 0.3) is 0 Å². The molecule has 2 unspecified atom stereocenters. The Bertz CT molecular complexity index is 510. The number of amides is 1. The lowest BCUT2D eigenvalue weighted by molar-refractivity contribution is -0.142. The number of aliphatic hydroxyl groups excluding tert-OH is 1. The summed E-state index contributed by atoms with van der Waals surface area (Å²) in [6.07, 6.45) is 2.16. The van der Waals surface area contributed by atoms with Crippen molar-refractivity contribution in [2.24, 2.45) is 0 Å². The summed E-state index contributed by atoms with van der Waals surface area (Å²) in [5.41, 5.74) is 0. The Hall–Kier alpha value is -0.970. The van der Waals surface area contributed by atoms with Gasteiger partial charge in [0.2, 0.25) is 0 Å². The second-order valence-electron chi connectivity index (χ2n) is 5.20. The van der Waals surface area contributed by atoms with Gasteiger partial charge in [-0.3, -0.25) is 4.79 Å². The number of aliphatic hydroxyl groups is 1. The third-order valence-corrected chi connectivity index (χ3v) is 4.20. The molecular weight excluding hydrogens is 313 g/mol. The number of hydrogen-bond donors (Lipinski definition) is 1. The predicted molar refractivity (Wildman–Crippen MR) is 83.0 cm³/mol. The van der Waals surface area contributed by atoms with Crippen LogP contribution in [0.3, 0.4) is 0 Å². The fraction of sp³-hybridized carbons (Fsp3) is 0.533. The van der Waals surface area contributed by atoms with Gasteiger partial charge in [0.25, 0.3) is 5.91 Å². The highest BCUT2D eigenvalue weighted by atomic mass is 35.5. The normalized spacial score (nSPS) is 20.2. The molecule has 0 radical (unpaired) electrons. The van der Waals surface area contributed by atoms with E-state index in [2.05, 4.69) is 0 Å². The molecule has 0 bridgehead atoms. The predicted octanol–water partition coefficient (Wildman–Crippen LogP) is 3.13. The smallest absolute Gasteiger partial charge is 0.263 e. The van der Waals surface area contributed by atoms with Gasteiger partial charge >= 0.3 is 0 Å². The molecule has 0 aliphatic carbocycles. The molecule has 1 heterocycles. The molecule has 1 aromatic rings. The van der Waals surface area contributed by atoms with Crippen molar-refractivity contribution in [3.8, 4) is 5.75 Å². The second kappa shape index (κ2) is 7.34. The Morgan fingerprint density at radius 3 is 2.90 bits per heavy atom. The van der Waals surface area contributed by atoms with E-state index in [0.717, 1.165) is 19.3 Å². The summed E-state index contributed by atoms with van der Waals surface area (Å²) in [5.74, 6) is 0.305. The maximum atomic E-state index is 12.5. The fourth-order valence-electron chi connectivity index (χ4n) is 2.53. The van der Waals surface area contributed by atoms with Crippen LogP contribution in [0.4, 0.5) is 0 Å². The number of halogens is 2. The summed E-state index contributed by atoms with van der Waals surface area (Å²) in [5, 5.41) is 10.3. The van der Waals surface area contributed by atoms with E-state index in [1.165, 1.54) is 0 Å². The molecule has 1 aromatic carbocycles. The Morgan fingerprint density at radius 2 is 2.24 bits per heavy atom. The summed E-state index contributed by atoms with van der Waals surface area (Å²) in [4.78, 5) is 14.2. The molecule has 1 fully saturated rings. The van der Waals surface area contributed by atoms with Crippen molar-refractivity contribution in [1.82, 2.24) is 4.90 Å². The Balaban J connectivity index is 2.04. The summed E-state index contributed by atoms with van der Waals surface area (Å²) in [6, 6.07) is 4.77. The van der Waals surface area contributed by atoms with Crippen LogP contribution in [0, 0.1) is 0 Å². The number of ether oxygens (including phenoxy) is 1. The first-order valence-electron chi connectivity index (χ1n) is 7.06. The quantitative estimate of drug-likeness (QED) is 0.922. The van der Waals surface area contributed by atoms with E-state index in [9.17, 15) is 9.90 Å². The van der Waals surface area contributed by atoms with Gasteiger partial charge in [0.1, 0.15) is 5.75 Å². The SMILES string of the molecule is CC(Oc1ccc(Cl)cc1Cl)C(=O)N1CCCCC1CO. The first-order chi connectivity index (χ1) is 10.0. The molecular formula is C15H19Cl2NO3. The lowest BCUT2D eigenvalue weighted by Crippen LogP contribution is -2.50. The average molecular weight is 332 g/mol. The first-order valence-corrected chi connectivity index (χ1v) is 7.81. The number of carbonyl (C=O) groups is 1. The molecule has 21 heavy (non-hydrogen) atoms. The summed E-state index contributed by atoms with van der Waals surface area (Å²) >= 11 is 11.9. The molecule has 1 aliphatic heterocycles. The Labute approximate surface area is 134 Å². The molecule has 116 valence electrons. The second-order valence-corrected chi connectivity index (χ2v) is 6.04. The summed E-state index contributed by atoms with van der Waals surface area (Å²) < 4.78 is 5.64. The zero-order valence-corrected chi connectivity index (χ0v) is 13.4. The van der Waals surface area contributed by atoms with E-state index < -0.39 is 6.10 Å². The monoisotopic (exact) mass is 331 g/mol. The largest absolute Gasteiger partial charge is 0.479 e. The molecule has 0 saturated carbocycles. The number of rotatable bonds is 4. The van der Waals surface area contributed by atoms with Crippen LogP contribution >= 0.6 is 23.2 Å². The maximum absolute atomic E-state index is 12.5. The van der Waals surface area contributed by atoms with Crippen molar-refractivity contribution in [2.45, 2.75) is 38.3 Å². The molecule has 1 N–H and O–H groups in total. The molecule has 4 nitrogen and oxygen atoms in total. The number of likely N-dealkylation sites (tertiary alicyclic amines) is 1. The molecule has 0 spiro atoms. The van der Waals surface area contributed by atoms with Crippen molar-refractivity contribution in [2.75, 3.05) is 13.2 Å². The number of piperidine rings is 1. The molecule has 1 amide bonds.